The molecule has 1 aromatic rings. The number of carboxylic acid groups (broad SMARTS) is 1. The maximum atomic E-state index is 12.6. The van der Waals surface area contributed by atoms with E-state index in [9.17, 15) is 14.7 Å². The molecule has 0 aromatic carbocycles. The summed E-state index contributed by atoms with van der Waals surface area (Å²) < 4.78 is 0. The third kappa shape index (κ3) is 5.04. The Bertz CT molecular complexity index is 594. The average Bonchev–Trinajstić information content (AvgIpc) is 2.69. The van der Waals surface area contributed by atoms with Gasteiger partial charge in [-0.2, -0.15) is 0 Å². The van der Waals surface area contributed by atoms with E-state index in [1.54, 1.807) is 24.5 Å². The average molecular weight is 359 g/mol. The van der Waals surface area contributed by atoms with Crippen molar-refractivity contribution in [3.8, 4) is 0 Å². The first-order chi connectivity index (χ1) is 12.6. The van der Waals surface area contributed by atoms with Gasteiger partial charge in [0.05, 0.1) is 0 Å². The van der Waals surface area contributed by atoms with Crippen molar-refractivity contribution < 1.29 is 14.7 Å². The van der Waals surface area contributed by atoms with Gasteiger partial charge in [-0.15, -0.1) is 0 Å². The minimum Gasteiger partial charge on any atom is -0.480 e. The van der Waals surface area contributed by atoms with Crippen LogP contribution in [0.5, 0.6) is 0 Å². The monoisotopic (exact) mass is 359 g/mol. The number of rotatable bonds is 6. The molecule has 26 heavy (non-hydrogen) atoms. The lowest BCUT2D eigenvalue weighted by Crippen LogP contribution is -2.49. The second kappa shape index (κ2) is 9.12. The molecule has 1 atom stereocenters. The van der Waals surface area contributed by atoms with E-state index in [4.69, 9.17) is 0 Å². The fourth-order valence-corrected chi connectivity index (χ4v) is 4.22. The van der Waals surface area contributed by atoms with Gasteiger partial charge in [0.1, 0.15) is 6.04 Å². The molecule has 1 saturated heterocycles. The number of carbonyl (C=O) groups is 2. The zero-order valence-electron chi connectivity index (χ0n) is 15.3. The number of aliphatic carboxylic acids is 1. The summed E-state index contributed by atoms with van der Waals surface area (Å²) in [5.74, 6) is -1.18. The van der Waals surface area contributed by atoms with Crippen molar-refractivity contribution in [3.63, 3.8) is 0 Å². The summed E-state index contributed by atoms with van der Waals surface area (Å²) in [6, 6.07) is 3.36. The van der Waals surface area contributed by atoms with E-state index in [1.165, 1.54) is 32.1 Å². The predicted molar refractivity (Wildman–Crippen MR) is 98.7 cm³/mol. The number of nitrogens with one attached hydrogen (secondary N) is 1. The summed E-state index contributed by atoms with van der Waals surface area (Å²) >= 11 is 0. The standard InChI is InChI=1S/C20H29N3O3/c24-19(22-18(20(25)26)14-15-6-10-21-11-7-15)16-8-12-23(13-9-16)17-4-2-1-3-5-17/h6-7,10-11,16-18H,1-5,8-9,12-14H2,(H,22,24)(H,25,26)/t18-/m0/s1. The largest absolute Gasteiger partial charge is 0.480 e. The Kier molecular flexibility index (Phi) is 6.61. The first-order valence-corrected chi connectivity index (χ1v) is 9.79. The van der Waals surface area contributed by atoms with E-state index in [0.29, 0.717) is 6.04 Å². The van der Waals surface area contributed by atoms with Crippen LogP contribution < -0.4 is 5.32 Å². The lowest BCUT2D eigenvalue weighted by atomic mass is 9.89. The number of carbonyl (C=O) groups excluding carboxylic acids is 1. The van der Waals surface area contributed by atoms with Gasteiger partial charge in [-0.05, 0) is 56.5 Å². The molecule has 0 bridgehead atoms. The molecular weight excluding hydrogens is 330 g/mol. The summed E-state index contributed by atoms with van der Waals surface area (Å²) in [5, 5.41) is 12.2. The molecule has 2 aliphatic rings. The first-order valence-electron chi connectivity index (χ1n) is 9.79. The third-order valence-electron chi connectivity index (χ3n) is 5.80. The van der Waals surface area contributed by atoms with Crippen molar-refractivity contribution in [1.82, 2.24) is 15.2 Å². The number of nitrogens with zero attached hydrogens (tertiary/aromatic N) is 2. The van der Waals surface area contributed by atoms with Crippen molar-refractivity contribution in [2.24, 2.45) is 5.92 Å². The summed E-state index contributed by atoms with van der Waals surface area (Å²) in [5.41, 5.74) is 0.861. The molecule has 0 unspecified atom stereocenters. The molecule has 1 aliphatic heterocycles. The van der Waals surface area contributed by atoms with Gasteiger partial charge < -0.3 is 15.3 Å². The molecule has 0 radical (unpaired) electrons. The Labute approximate surface area is 155 Å². The van der Waals surface area contributed by atoms with Gasteiger partial charge in [0.25, 0.3) is 0 Å². The highest BCUT2D eigenvalue weighted by Gasteiger charge is 2.31. The van der Waals surface area contributed by atoms with Crippen LogP contribution in [0.1, 0.15) is 50.5 Å². The van der Waals surface area contributed by atoms with Crippen molar-refractivity contribution in [2.75, 3.05) is 13.1 Å². The molecule has 1 saturated carbocycles. The number of likely N-dealkylation sites (tertiary alicyclic amines) is 1. The van der Waals surface area contributed by atoms with Crippen molar-refractivity contribution in [2.45, 2.75) is 63.5 Å². The Morgan fingerprint density at radius 2 is 1.77 bits per heavy atom. The number of hydrogen-bond donors (Lipinski definition) is 2. The van der Waals surface area contributed by atoms with Crippen LogP contribution in [0.15, 0.2) is 24.5 Å². The van der Waals surface area contributed by atoms with Gasteiger partial charge in [-0.3, -0.25) is 9.78 Å². The van der Waals surface area contributed by atoms with Crippen LogP contribution in [0, 0.1) is 5.92 Å². The van der Waals surface area contributed by atoms with E-state index in [-0.39, 0.29) is 18.2 Å². The number of aromatic nitrogens is 1. The number of piperidine rings is 1. The number of hydrogen-bond acceptors (Lipinski definition) is 4. The number of pyridine rings is 1. The lowest BCUT2D eigenvalue weighted by molar-refractivity contribution is -0.142. The molecule has 1 aromatic heterocycles. The predicted octanol–water partition coefficient (Wildman–Crippen LogP) is 2.24. The maximum absolute atomic E-state index is 12.6. The highest BCUT2D eigenvalue weighted by atomic mass is 16.4. The number of carboxylic acids is 1. The minimum atomic E-state index is -0.991. The van der Waals surface area contributed by atoms with Gasteiger partial charge in [0, 0.05) is 30.8 Å². The number of amides is 1. The highest BCUT2D eigenvalue weighted by Crippen LogP contribution is 2.27. The van der Waals surface area contributed by atoms with Crippen molar-refractivity contribution >= 4 is 11.9 Å². The minimum absolute atomic E-state index is 0.0749. The Morgan fingerprint density at radius 1 is 1.12 bits per heavy atom. The second-order valence-corrected chi connectivity index (χ2v) is 7.56. The van der Waals surface area contributed by atoms with E-state index in [2.05, 4.69) is 15.2 Å². The fraction of sp³-hybridized carbons (Fsp3) is 0.650. The van der Waals surface area contributed by atoms with Crippen LogP contribution in [0.2, 0.25) is 0 Å². The molecule has 1 aliphatic carbocycles. The highest BCUT2D eigenvalue weighted by molar-refractivity contribution is 5.85. The summed E-state index contributed by atoms with van der Waals surface area (Å²) in [6.07, 6.45) is 11.8. The van der Waals surface area contributed by atoms with Gasteiger partial charge in [0.2, 0.25) is 5.91 Å². The molecule has 142 valence electrons. The summed E-state index contributed by atoms with van der Waals surface area (Å²) in [7, 11) is 0. The quantitative estimate of drug-likeness (QED) is 0.814. The molecule has 3 rings (SSSR count). The normalized spacial score (nSPS) is 21.2. The van der Waals surface area contributed by atoms with E-state index < -0.39 is 12.0 Å². The van der Waals surface area contributed by atoms with Crippen LogP contribution in [0.3, 0.4) is 0 Å². The molecule has 2 fully saturated rings. The maximum Gasteiger partial charge on any atom is 0.326 e. The Hall–Kier alpha value is -1.95. The molecule has 6 nitrogen and oxygen atoms in total. The van der Waals surface area contributed by atoms with Crippen LogP contribution in [-0.2, 0) is 16.0 Å². The van der Waals surface area contributed by atoms with Gasteiger partial charge in [-0.1, -0.05) is 19.3 Å². The zero-order valence-corrected chi connectivity index (χ0v) is 15.3. The van der Waals surface area contributed by atoms with Crippen LogP contribution in [0.25, 0.3) is 0 Å². The fourth-order valence-electron chi connectivity index (χ4n) is 4.22. The SMILES string of the molecule is O=C(N[C@@H](Cc1ccncc1)C(=O)O)C1CCN(C2CCCCC2)CC1. The van der Waals surface area contributed by atoms with Crippen molar-refractivity contribution in [1.29, 1.82) is 0 Å². The third-order valence-corrected chi connectivity index (χ3v) is 5.80. The molecule has 0 spiro atoms. The van der Waals surface area contributed by atoms with Gasteiger partial charge >= 0.3 is 5.97 Å². The van der Waals surface area contributed by atoms with Crippen LogP contribution in [0.4, 0.5) is 0 Å². The second-order valence-electron chi connectivity index (χ2n) is 7.56. The summed E-state index contributed by atoms with van der Waals surface area (Å²) in [4.78, 5) is 30.6. The first kappa shape index (κ1) is 18.8. The van der Waals surface area contributed by atoms with Crippen molar-refractivity contribution in [3.05, 3.63) is 30.1 Å². The van der Waals surface area contributed by atoms with Crippen LogP contribution in [-0.4, -0.2) is 52.0 Å². The van der Waals surface area contributed by atoms with Gasteiger partial charge in [0.15, 0.2) is 0 Å². The summed E-state index contributed by atoms with van der Waals surface area (Å²) in [6.45, 7) is 1.90. The molecule has 2 N–H and O–H groups in total. The van der Waals surface area contributed by atoms with E-state index >= 15 is 0 Å². The van der Waals surface area contributed by atoms with Gasteiger partial charge in [-0.25, -0.2) is 4.79 Å². The Balaban J connectivity index is 1.49. The van der Waals surface area contributed by atoms with E-state index in [0.717, 1.165) is 31.5 Å². The molecule has 2 heterocycles. The Morgan fingerprint density at radius 3 is 2.38 bits per heavy atom. The molecule has 1 amide bonds. The topological polar surface area (TPSA) is 82.5 Å². The van der Waals surface area contributed by atoms with E-state index in [1.807, 2.05) is 0 Å². The molecule has 6 heteroatoms. The lowest BCUT2D eigenvalue weighted by Gasteiger charge is -2.39. The zero-order chi connectivity index (χ0) is 18.4. The smallest absolute Gasteiger partial charge is 0.326 e. The van der Waals surface area contributed by atoms with Crippen LogP contribution >= 0.6 is 0 Å². The molecular formula is C20H29N3O3.